The van der Waals surface area contributed by atoms with Crippen molar-refractivity contribution >= 4 is 25.5 Å². The Balaban J connectivity index is 0.000000164. The summed E-state index contributed by atoms with van der Waals surface area (Å²) in [5, 5.41) is 3.64. The van der Waals surface area contributed by atoms with Crippen LogP contribution in [0.15, 0.2) is 117 Å². The maximum absolute atomic E-state index is 12.9. The third kappa shape index (κ3) is 11.3. The molecule has 0 saturated carbocycles. The molecule has 3 N–H and O–H groups in total. The van der Waals surface area contributed by atoms with Gasteiger partial charge in [0.05, 0.1) is 38.4 Å². The summed E-state index contributed by atoms with van der Waals surface area (Å²) in [4.78, 5) is 17.6. The number of carbonyl (C=O) groups is 1. The predicted octanol–water partition coefficient (Wildman–Crippen LogP) is 6.33. The van der Waals surface area contributed by atoms with E-state index in [1.54, 1.807) is 66.7 Å². The molecular formula is C44H56N4O7S2. The van der Waals surface area contributed by atoms with Gasteiger partial charge < -0.3 is 30.3 Å². The summed E-state index contributed by atoms with van der Waals surface area (Å²) in [5.74, 6) is 1.01. The minimum atomic E-state index is -3.58. The van der Waals surface area contributed by atoms with Crippen LogP contribution in [0.25, 0.3) is 0 Å². The number of benzene rings is 4. The highest BCUT2D eigenvalue weighted by Crippen LogP contribution is 2.35. The molecule has 306 valence electrons. The molecule has 0 amide bonds. The molecule has 4 aliphatic heterocycles. The topological polar surface area (TPSA) is 148 Å². The maximum atomic E-state index is 12.9. The number of carbonyl (C=O) groups excluding carboxylic acids is 1. The number of nitrogens with two attached hydrogens (primary N) is 1. The number of piperidine rings is 2. The Morgan fingerprint density at radius 3 is 1.72 bits per heavy atom. The molecule has 4 aromatic carbocycles. The van der Waals surface area contributed by atoms with Crippen LogP contribution in [0.5, 0.6) is 11.5 Å². The molecule has 0 aliphatic carbocycles. The molecule has 13 heteroatoms. The molecule has 8 rings (SSSR count). The first-order chi connectivity index (χ1) is 27.7. The molecule has 4 heterocycles. The molecule has 4 aromatic rings. The molecule has 0 spiro atoms. The zero-order valence-electron chi connectivity index (χ0n) is 32.7. The average Bonchev–Trinajstić information content (AvgIpc) is 3.25. The molecular weight excluding hydrogens is 761 g/mol. The largest absolute Gasteiger partial charge is 0.493 e. The summed E-state index contributed by atoms with van der Waals surface area (Å²) in [6, 6.07) is 26.6. The molecule has 11 nitrogen and oxygen atoms in total. The van der Waals surface area contributed by atoms with Crippen molar-refractivity contribution in [2.24, 2.45) is 5.73 Å². The molecule has 1 unspecified atom stereocenters. The van der Waals surface area contributed by atoms with Gasteiger partial charge in [-0.25, -0.2) is 16.8 Å². The summed E-state index contributed by atoms with van der Waals surface area (Å²) in [5.41, 5.74) is 6.92. The standard InChI is InChI=1S/C22H28N2O3S.C15H12O4S.C7H16N2/c25-28(26,18-7-3-1-4-8-18)19-9-10-20-21(11-16-27-22(20)17-19)23-12-15-24-13-5-2-6-14-24;16-14-8-9-19-15-10-12(6-7-13(14)15)20(17,18)11-4-2-1-3-5-11;8-4-7-9-5-2-1-3-6-9/h1,3-4,7-10,17,21,23H,2,5-6,11-16H2;1-7,10H,8-9H2;1-8H2. The van der Waals surface area contributed by atoms with E-state index in [2.05, 4.69) is 15.1 Å². The molecule has 0 bridgehead atoms. The van der Waals surface area contributed by atoms with Gasteiger partial charge in [0.25, 0.3) is 0 Å². The van der Waals surface area contributed by atoms with Crippen molar-refractivity contribution in [3.8, 4) is 11.5 Å². The number of Topliss-reactive ketones (excluding diaryl/α,β-unsaturated/α-hetero) is 1. The van der Waals surface area contributed by atoms with Gasteiger partial charge in [0, 0.05) is 50.6 Å². The van der Waals surface area contributed by atoms with Crippen LogP contribution in [0.1, 0.15) is 73.3 Å². The first-order valence-electron chi connectivity index (χ1n) is 20.2. The number of rotatable bonds is 10. The summed E-state index contributed by atoms with van der Waals surface area (Å²) in [6.45, 7) is 9.76. The number of nitrogens with one attached hydrogen (secondary N) is 1. The summed E-state index contributed by atoms with van der Waals surface area (Å²) >= 11 is 0. The van der Waals surface area contributed by atoms with Crippen molar-refractivity contribution in [3.05, 3.63) is 108 Å². The second kappa shape index (κ2) is 20.5. The minimum Gasteiger partial charge on any atom is -0.493 e. The van der Waals surface area contributed by atoms with Crippen molar-refractivity contribution in [2.45, 2.75) is 77.0 Å². The molecule has 2 saturated heterocycles. The summed E-state index contributed by atoms with van der Waals surface area (Å²) < 4.78 is 61.9. The molecule has 1 atom stereocenters. The predicted molar refractivity (Wildman–Crippen MR) is 222 cm³/mol. The Labute approximate surface area is 338 Å². The van der Waals surface area contributed by atoms with Crippen molar-refractivity contribution < 1.29 is 31.1 Å². The second-order valence-electron chi connectivity index (χ2n) is 14.7. The Kier molecular flexibility index (Phi) is 15.3. The number of fused-ring (bicyclic) bond motifs is 2. The van der Waals surface area contributed by atoms with Crippen LogP contribution in [-0.2, 0) is 19.7 Å². The van der Waals surface area contributed by atoms with Gasteiger partial charge in [-0.15, -0.1) is 0 Å². The number of nitrogens with zero attached hydrogens (tertiary/aromatic N) is 2. The van der Waals surface area contributed by atoms with Crippen molar-refractivity contribution in [2.75, 3.05) is 65.6 Å². The highest BCUT2D eigenvalue weighted by atomic mass is 32.2. The third-order valence-corrected chi connectivity index (χ3v) is 14.3. The number of hydrogen-bond acceptors (Lipinski definition) is 11. The van der Waals surface area contributed by atoms with Gasteiger partial charge in [0.1, 0.15) is 11.5 Å². The Morgan fingerprint density at radius 1 is 0.614 bits per heavy atom. The van der Waals surface area contributed by atoms with E-state index in [0.717, 1.165) is 38.2 Å². The van der Waals surface area contributed by atoms with Gasteiger partial charge in [-0.05, 0) is 106 Å². The van der Waals surface area contributed by atoms with Gasteiger partial charge in [0.2, 0.25) is 19.7 Å². The number of ether oxygens (including phenoxy) is 2. The SMILES string of the molecule is NCCN1CCCCC1.O=C1CCOc2cc(S(=O)(=O)c3ccccc3)ccc21.O=S(=O)(c1ccccc1)c1ccc2c(c1)OCCC2NCCN1CCCCC1. The summed E-state index contributed by atoms with van der Waals surface area (Å²) in [7, 11) is -7.11. The van der Waals surface area contributed by atoms with Crippen molar-refractivity contribution in [3.63, 3.8) is 0 Å². The van der Waals surface area contributed by atoms with Crippen LogP contribution in [0.3, 0.4) is 0 Å². The minimum absolute atomic E-state index is 0.0186. The average molecular weight is 817 g/mol. The van der Waals surface area contributed by atoms with E-state index in [1.165, 1.54) is 82.9 Å². The van der Waals surface area contributed by atoms with E-state index in [4.69, 9.17) is 15.2 Å². The lowest BCUT2D eigenvalue weighted by molar-refractivity contribution is 0.0933. The van der Waals surface area contributed by atoms with E-state index in [-0.39, 0.29) is 26.5 Å². The normalized spacial score (nSPS) is 18.6. The quantitative estimate of drug-likeness (QED) is 0.185. The van der Waals surface area contributed by atoms with Gasteiger partial charge in [-0.3, -0.25) is 4.79 Å². The Hall–Kier alpha value is -4.11. The zero-order valence-corrected chi connectivity index (χ0v) is 34.3. The van der Waals surface area contributed by atoms with Crippen molar-refractivity contribution in [1.82, 2.24) is 15.1 Å². The van der Waals surface area contributed by atoms with E-state index >= 15 is 0 Å². The first-order valence-corrected chi connectivity index (χ1v) is 23.2. The molecule has 57 heavy (non-hydrogen) atoms. The molecule has 0 aromatic heterocycles. The van der Waals surface area contributed by atoms with Crippen LogP contribution in [0.2, 0.25) is 0 Å². The second-order valence-corrected chi connectivity index (χ2v) is 18.6. The van der Waals surface area contributed by atoms with Gasteiger partial charge in [-0.2, -0.15) is 0 Å². The number of hydrogen-bond donors (Lipinski definition) is 2. The van der Waals surface area contributed by atoms with E-state index in [1.807, 2.05) is 12.1 Å². The fourth-order valence-corrected chi connectivity index (χ4v) is 10.2. The van der Waals surface area contributed by atoms with E-state index in [0.29, 0.717) is 41.6 Å². The highest BCUT2D eigenvalue weighted by Gasteiger charge is 2.26. The van der Waals surface area contributed by atoms with Crippen LogP contribution in [0, 0.1) is 0 Å². The monoisotopic (exact) mass is 816 g/mol. The number of ketones is 1. The van der Waals surface area contributed by atoms with Gasteiger partial charge in [-0.1, -0.05) is 55.3 Å². The highest BCUT2D eigenvalue weighted by molar-refractivity contribution is 7.91. The Morgan fingerprint density at radius 2 is 1.14 bits per heavy atom. The lowest BCUT2D eigenvalue weighted by Crippen LogP contribution is -2.37. The number of likely N-dealkylation sites (tertiary alicyclic amines) is 2. The summed E-state index contributed by atoms with van der Waals surface area (Å²) in [6.07, 6.45) is 9.36. The van der Waals surface area contributed by atoms with Crippen LogP contribution < -0.4 is 20.5 Å². The molecule has 2 fully saturated rings. The molecule has 0 radical (unpaired) electrons. The maximum Gasteiger partial charge on any atom is 0.206 e. The lowest BCUT2D eigenvalue weighted by atomic mass is 10.0. The van der Waals surface area contributed by atoms with Gasteiger partial charge >= 0.3 is 0 Å². The Bertz CT molecular complexity index is 2120. The zero-order chi connectivity index (χ0) is 40.1. The van der Waals surface area contributed by atoms with E-state index in [9.17, 15) is 21.6 Å². The fraction of sp³-hybridized carbons (Fsp3) is 0.432. The lowest BCUT2D eigenvalue weighted by Gasteiger charge is -2.30. The van der Waals surface area contributed by atoms with E-state index < -0.39 is 19.7 Å². The number of sulfone groups is 2. The molecule has 4 aliphatic rings. The van der Waals surface area contributed by atoms with Gasteiger partial charge in [0.15, 0.2) is 5.78 Å². The van der Waals surface area contributed by atoms with Crippen LogP contribution >= 0.6 is 0 Å². The van der Waals surface area contributed by atoms with Crippen LogP contribution in [0.4, 0.5) is 0 Å². The van der Waals surface area contributed by atoms with Crippen molar-refractivity contribution in [1.29, 1.82) is 0 Å². The smallest absolute Gasteiger partial charge is 0.206 e. The third-order valence-electron chi connectivity index (χ3n) is 10.8. The van der Waals surface area contributed by atoms with Crippen LogP contribution in [-0.4, -0.2) is 98.0 Å². The fourth-order valence-electron chi connectivity index (χ4n) is 7.57. The first kappa shape index (κ1) is 42.5.